The largest absolute Gasteiger partial charge is 0.309 e. The topological polar surface area (TPSA) is 43.6 Å². The molecule has 0 amide bonds. The lowest BCUT2D eigenvalue weighted by Gasteiger charge is -2.10. The molecule has 0 spiro atoms. The minimum absolute atomic E-state index is 0.631. The van der Waals surface area contributed by atoms with Crippen molar-refractivity contribution in [2.24, 2.45) is 0 Å². The van der Waals surface area contributed by atoms with E-state index in [1.807, 2.05) is 72.8 Å². The lowest BCUT2D eigenvalue weighted by atomic mass is 10.0. The second-order valence-electron chi connectivity index (χ2n) is 11.5. The van der Waals surface area contributed by atoms with Crippen LogP contribution in [0.25, 0.3) is 84.9 Å². The van der Waals surface area contributed by atoms with Crippen molar-refractivity contribution in [3.63, 3.8) is 0 Å². The summed E-state index contributed by atoms with van der Waals surface area (Å²) < 4.78 is 2.32. The molecule has 47 heavy (non-hydrogen) atoms. The Hall–Kier alpha value is -6.39. The third kappa shape index (κ3) is 5.22. The number of fused-ring (bicyclic) bond motifs is 3. The first kappa shape index (κ1) is 28.1. The highest BCUT2D eigenvalue weighted by Crippen LogP contribution is 2.37. The molecular weight excluding hydrogens is 573 g/mol. The molecule has 4 nitrogen and oxygen atoms in total. The molecule has 0 aliphatic rings. The molecule has 0 atom stereocenters. The van der Waals surface area contributed by atoms with E-state index in [0.717, 1.165) is 66.4 Å². The highest BCUT2D eigenvalue weighted by molar-refractivity contribution is 6.11. The van der Waals surface area contributed by atoms with Crippen LogP contribution < -0.4 is 0 Å². The number of benzene rings is 6. The Kier molecular flexibility index (Phi) is 7.08. The van der Waals surface area contributed by atoms with Crippen molar-refractivity contribution in [1.29, 1.82) is 0 Å². The van der Waals surface area contributed by atoms with Gasteiger partial charge in [0.25, 0.3) is 0 Å². The number of hydrogen-bond donors (Lipinski definition) is 0. The van der Waals surface area contributed by atoms with Gasteiger partial charge in [0, 0.05) is 33.2 Å². The molecule has 0 aliphatic carbocycles. The first-order valence-corrected chi connectivity index (χ1v) is 15.6. The number of rotatable bonds is 7. The predicted molar refractivity (Wildman–Crippen MR) is 196 cm³/mol. The summed E-state index contributed by atoms with van der Waals surface area (Å²) >= 11 is 0. The Morgan fingerprint density at radius 2 is 0.830 bits per heavy atom. The first-order chi connectivity index (χ1) is 23.2. The molecule has 0 bridgehead atoms. The molecule has 4 heteroatoms. The molecule has 6 aromatic carbocycles. The molecule has 8 rings (SSSR count). The van der Waals surface area contributed by atoms with Gasteiger partial charge < -0.3 is 4.57 Å². The van der Waals surface area contributed by atoms with Crippen molar-refractivity contribution in [2.45, 2.75) is 0 Å². The van der Waals surface area contributed by atoms with Crippen LogP contribution in [-0.4, -0.2) is 19.5 Å². The second kappa shape index (κ2) is 11.8. The van der Waals surface area contributed by atoms with E-state index in [0.29, 0.717) is 17.5 Å². The fourth-order valence-electron chi connectivity index (χ4n) is 6.13. The molecule has 0 N–H and O–H groups in total. The predicted octanol–water partition coefficient (Wildman–Crippen LogP) is 10.9. The van der Waals surface area contributed by atoms with Gasteiger partial charge in [-0.15, -0.1) is 0 Å². The minimum atomic E-state index is 0.631. The monoisotopic (exact) mass is 602 g/mol. The van der Waals surface area contributed by atoms with Crippen LogP contribution in [0.2, 0.25) is 0 Å². The van der Waals surface area contributed by atoms with Gasteiger partial charge in [-0.1, -0.05) is 128 Å². The zero-order chi connectivity index (χ0) is 31.7. The van der Waals surface area contributed by atoms with Gasteiger partial charge in [-0.2, -0.15) is 0 Å². The molecule has 0 saturated heterocycles. The molecule has 8 aromatic rings. The average Bonchev–Trinajstić information content (AvgIpc) is 3.48. The summed E-state index contributed by atoms with van der Waals surface area (Å²) in [5.74, 6) is 1.92. The van der Waals surface area contributed by atoms with Crippen LogP contribution >= 0.6 is 0 Å². The highest BCUT2D eigenvalue weighted by Gasteiger charge is 2.17. The summed E-state index contributed by atoms with van der Waals surface area (Å²) in [5, 5.41) is 2.28. The van der Waals surface area contributed by atoms with Gasteiger partial charge in [-0.05, 0) is 64.7 Å². The Bertz CT molecular complexity index is 2350. The van der Waals surface area contributed by atoms with Crippen LogP contribution in [0.15, 0.2) is 159 Å². The number of aromatic nitrogens is 4. The van der Waals surface area contributed by atoms with Crippen molar-refractivity contribution >= 4 is 34.0 Å². The van der Waals surface area contributed by atoms with Crippen LogP contribution in [0.4, 0.5) is 0 Å². The molecule has 0 radical (unpaired) electrons. The molecule has 222 valence electrons. The molecule has 0 unspecified atom stereocenters. The SMILES string of the molecule is C=Cc1ccc(-c2ccc3c(c2)c2cc(-c4nc(-c5ccccc5)nc(-c5ccccc5)n4)ccc2n3-c2ccc(C=C)cc2)cc1. The fraction of sp³-hybridized carbons (Fsp3) is 0. The van der Waals surface area contributed by atoms with E-state index in [9.17, 15) is 0 Å². The lowest BCUT2D eigenvalue weighted by molar-refractivity contribution is 1.07. The fourth-order valence-corrected chi connectivity index (χ4v) is 6.13. The normalized spacial score (nSPS) is 11.1. The van der Waals surface area contributed by atoms with Gasteiger partial charge in [0.15, 0.2) is 17.5 Å². The Morgan fingerprint density at radius 3 is 1.34 bits per heavy atom. The van der Waals surface area contributed by atoms with Gasteiger partial charge >= 0.3 is 0 Å². The zero-order valence-electron chi connectivity index (χ0n) is 25.7. The summed E-state index contributed by atoms with van der Waals surface area (Å²) in [5.41, 5.74) is 10.6. The molecule has 2 aromatic heterocycles. The van der Waals surface area contributed by atoms with Crippen LogP contribution in [-0.2, 0) is 0 Å². The van der Waals surface area contributed by atoms with E-state index in [1.54, 1.807) is 0 Å². The standard InChI is InChI=1S/C43H30N4/c1-3-29-15-19-31(20-16-29)34-21-25-39-37(27-34)38-28-35(22-26-40(38)47(39)36-23-17-30(4-2)18-24-36)43-45-41(32-11-7-5-8-12-32)44-42(46-43)33-13-9-6-10-14-33/h3-28H,1-2H2. The maximum absolute atomic E-state index is 5.01. The van der Waals surface area contributed by atoms with Crippen LogP contribution in [0.1, 0.15) is 11.1 Å². The van der Waals surface area contributed by atoms with Gasteiger partial charge in [0.05, 0.1) is 11.0 Å². The third-order valence-electron chi connectivity index (χ3n) is 8.59. The van der Waals surface area contributed by atoms with E-state index >= 15 is 0 Å². The Labute approximate surface area is 273 Å². The van der Waals surface area contributed by atoms with E-state index in [2.05, 4.69) is 103 Å². The van der Waals surface area contributed by atoms with Gasteiger partial charge in [-0.25, -0.2) is 15.0 Å². The maximum atomic E-state index is 5.01. The summed E-state index contributed by atoms with van der Waals surface area (Å²) in [7, 11) is 0. The van der Waals surface area contributed by atoms with E-state index in [4.69, 9.17) is 15.0 Å². The maximum Gasteiger partial charge on any atom is 0.164 e. The smallest absolute Gasteiger partial charge is 0.164 e. The number of nitrogens with zero attached hydrogens (tertiary/aromatic N) is 4. The van der Waals surface area contributed by atoms with Crippen molar-refractivity contribution in [3.8, 4) is 51.0 Å². The van der Waals surface area contributed by atoms with Crippen LogP contribution in [0, 0.1) is 0 Å². The first-order valence-electron chi connectivity index (χ1n) is 15.6. The van der Waals surface area contributed by atoms with E-state index in [1.165, 1.54) is 0 Å². The lowest BCUT2D eigenvalue weighted by Crippen LogP contribution is -2.00. The van der Waals surface area contributed by atoms with Gasteiger partial charge in [0.1, 0.15) is 0 Å². The average molecular weight is 603 g/mol. The van der Waals surface area contributed by atoms with Gasteiger partial charge in [0.2, 0.25) is 0 Å². The Morgan fingerprint density at radius 1 is 0.404 bits per heavy atom. The summed E-state index contributed by atoms with van der Waals surface area (Å²) in [4.78, 5) is 14.9. The second-order valence-corrected chi connectivity index (χ2v) is 11.5. The van der Waals surface area contributed by atoms with E-state index < -0.39 is 0 Å². The molecule has 2 heterocycles. The quantitative estimate of drug-likeness (QED) is 0.182. The summed E-state index contributed by atoms with van der Waals surface area (Å²) in [6, 6.07) is 50.4. The van der Waals surface area contributed by atoms with Crippen molar-refractivity contribution < 1.29 is 0 Å². The minimum Gasteiger partial charge on any atom is -0.309 e. The Balaban J connectivity index is 1.36. The zero-order valence-corrected chi connectivity index (χ0v) is 25.7. The van der Waals surface area contributed by atoms with Crippen molar-refractivity contribution in [1.82, 2.24) is 19.5 Å². The van der Waals surface area contributed by atoms with Crippen molar-refractivity contribution in [2.75, 3.05) is 0 Å². The third-order valence-corrected chi connectivity index (χ3v) is 8.59. The van der Waals surface area contributed by atoms with Crippen LogP contribution in [0.3, 0.4) is 0 Å². The van der Waals surface area contributed by atoms with Gasteiger partial charge in [-0.3, -0.25) is 0 Å². The summed E-state index contributed by atoms with van der Waals surface area (Å²) in [6.45, 7) is 7.84. The summed E-state index contributed by atoms with van der Waals surface area (Å²) in [6.07, 6.45) is 3.74. The molecular formula is C43H30N4. The number of hydrogen-bond acceptors (Lipinski definition) is 3. The van der Waals surface area contributed by atoms with E-state index in [-0.39, 0.29) is 0 Å². The molecule has 0 fully saturated rings. The van der Waals surface area contributed by atoms with Crippen molar-refractivity contribution in [3.05, 3.63) is 170 Å². The molecule has 0 aliphatic heterocycles. The molecule has 0 saturated carbocycles. The highest BCUT2D eigenvalue weighted by atomic mass is 15.0. The van der Waals surface area contributed by atoms with Crippen LogP contribution in [0.5, 0.6) is 0 Å².